The zero-order valence-corrected chi connectivity index (χ0v) is 11.6. The molecule has 2 heteroatoms. The smallest absolute Gasteiger partial charge is 0.119 e. The molecule has 0 aliphatic heterocycles. The summed E-state index contributed by atoms with van der Waals surface area (Å²) < 4.78 is 5.27. The number of ether oxygens (including phenoxy) is 1. The number of methoxy groups -OCH3 is 1. The Labute approximate surface area is 111 Å². The normalized spacial score (nSPS) is 12.1. The molecule has 0 saturated heterocycles. The SMILES string of the molecule is C=CCCCCCC(NC)c1cccc(OC)c1. The van der Waals surface area contributed by atoms with Gasteiger partial charge in [-0.3, -0.25) is 0 Å². The summed E-state index contributed by atoms with van der Waals surface area (Å²) in [5, 5.41) is 3.38. The highest BCUT2D eigenvalue weighted by Crippen LogP contribution is 2.23. The Bertz CT molecular complexity index is 349. The summed E-state index contributed by atoms with van der Waals surface area (Å²) in [5.41, 5.74) is 1.31. The van der Waals surface area contributed by atoms with Crippen LogP contribution < -0.4 is 10.1 Å². The zero-order chi connectivity index (χ0) is 13.2. The molecule has 1 unspecified atom stereocenters. The minimum Gasteiger partial charge on any atom is -0.497 e. The molecule has 0 radical (unpaired) electrons. The van der Waals surface area contributed by atoms with Crippen LogP contribution in [0.4, 0.5) is 0 Å². The molecule has 0 saturated carbocycles. The van der Waals surface area contributed by atoms with Crippen molar-refractivity contribution in [3.8, 4) is 5.75 Å². The van der Waals surface area contributed by atoms with E-state index >= 15 is 0 Å². The van der Waals surface area contributed by atoms with E-state index in [1.54, 1.807) is 7.11 Å². The van der Waals surface area contributed by atoms with Crippen molar-refractivity contribution >= 4 is 0 Å². The van der Waals surface area contributed by atoms with E-state index in [2.05, 4.69) is 30.1 Å². The van der Waals surface area contributed by atoms with Crippen LogP contribution in [0.5, 0.6) is 5.75 Å². The molecule has 1 rings (SSSR count). The quantitative estimate of drug-likeness (QED) is 0.524. The van der Waals surface area contributed by atoms with Crippen LogP contribution in [-0.2, 0) is 0 Å². The molecule has 0 spiro atoms. The first-order valence-electron chi connectivity index (χ1n) is 6.74. The van der Waals surface area contributed by atoms with Crippen LogP contribution in [0.2, 0.25) is 0 Å². The molecular weight excluding hydrogens is 222 g/mol. The summed E-state index contributed by atoms with van der Waals surface area (Å²) in [7, 11) is 3.73. The molecule has 0 bridgehead atoms. The van der Waals surface area contributed by atoms with E-state index in [0.717, 1.165) is 12.2 Å². The third-order valence-corrected chi connectivity index (χ3v) is 3.25. The first kappa shape index (κ1) is 14.8. The van der Waals surface area contributed by atoms with Crippen molar-refractivity contribution in [2.24, 2.45) is 0 Å². The topological polar surface area (TPSA) is 21.3 Å². The fourth-order valence-electron chi connectivity index (χ4n) is 2.15. The molecule has 100 valence electrons. The molecule has 0 fully saturated rings. The minimum atomic E-state index is 0.420. The number of hydrogen-bond donors (Lipinski definition) is 1. The van der Waals surface area contributed by atoms with Gasteiger partial charge in [0, 0.05) is 6.04 Å². The lowest BCUT2D eigenvalue weighted by Gasteiger charge is -2.17. The predicted molar refractivity (Wildman–Crippen MR) is 78.1 cm³/mol. The first-order chi connectivity index (χ1) is 8.81. The Kier molecular flexibility index (Phi) is 7.19. The van der Waals surface area contributed by atoms with Crippen molar-refractivity contribution < 1.29 is 4.74 Å². The second-order valence-corrected chi connectivity index (χ2v) is 4.54. The summed E-state index contributed by atoms with van der Waals surface area (Å²) in [6.07, 6.45) is 8.06. The average Bonchev–Trinajstić information content (AvgIpc) is 2.43. The standard InChI is InChI=1S/C16H25NO/c1-4-5-6-7-8-12-16(17-2)14-10-9-11-15(13-14)18-3/h4,9-11,13,16-17H,1,5-8,12H2,2-3H3. The van der Waals surface area contributed by atoms with E-state index in [9.17, 15) is 0 Å². The van der Waals surface area contributed by atoms with Crippen LogP contribution in [-0.4, -0.2) is 14.2 Å². The van der Waals surface area contributed by atoms with Crippen molar-refractivity contribution in [3.63, 3.8) is 0 Å². The fourth-order valence-corrected chi connectivity index (χ4v) is 2.15. The van der Waals surface area contributed by atoms with Crippen molar-refractivity contribution in [1.82, 2.24) is 5.32 Å². The summed E-state index contributed by atoms with van der Waals surface area (Å²) in [4.78, 5) is 0. The lowest BCUT2D eigenvalue weighted by atomic mass is 10.00. The van der Waals surface area contributed by atoms with Gasteiger partial charge in [0.1, 0.15) is 5.75 Å². The maximum atomic E-state index is 5.27. The Balaban J connectivity index is 2.46. The van der Waals surface area contributed by atoms with Gasteiger partial charge in [-0.15, -0.1) is 6.58 Å². The van der Waals surface area contributed by atoms with E-state index in [1.165, 1.54) is 31.2 Å². The van der Waals surface area contributed by atoms with Gasteiger partial charge in [-0.2, -0.15) is 0 Å². The largest absolute Gasteiger partial charge is 0.497 e. The van der Waals surface area contributed by atoms with Gasteiger partial charge >= 0.3 is 0 Å². The molecule has 1 aromatic carbocycles. The fraction of sp³-hybridized carbons (Fsp3) is 0.500. The maximum absolute atomic E-state index is 5.27. The van der Waals surface area contributed by atoms with Crippen molar-refractivity contribution in [2.75, 3.05) is 14.2 Å². The molecule has 0 aromatic heterocycles. The van der Waals surface area contributed by atoms with Crippen LogP contribution >= 0.6 is 0 Å². The highest BCUT2D eigenvalue weighted by molar-refractivity contribution is 5.30. The number of allylic oxidation sites excluding steroid dienone is 1. The Morgan fingerprint density at radius 2 is 2.17 bits per heavy atom. The molecule has 2 nitrogen and oxygen atoms in total. The number of unbranched alkanes of at least 4 members (excludes halogenated alkanes) is 3. The van der Waals surface area contributed by atoms with Gasteiger partial charge < -0.3 is 10.1 Å². The molecule has 1 N–H and O–H groups in total. The average molecular weight is 247 g/mol. The second-order valence-electron chi connectivity index (χ2n) is 4.54. The lowest BCUT2D eigenvalue weighted by Crippen LogP contribution is -2.16. The monoisotopic (exact) mass is 247 g/mol. The molecule has 0 aliphatic rings. The molecule has 18 heavy (non-hydrogen) atoms. The number of benzene rings is 1. The summed E-state index contributed by atoms with van der Waals surface area (Å²) in [6.45, 7) is 3.75. The van der Waals surface area contributed by atoms with Crippen molar-refractivity contribution in [1.29, 1.82) is 0 Å². The van der Waals surface area contributed by atoms with Gasteiger partial charge in [0.25, 0.3) is 0 Å². The van der Waals surface area contributed by atoms with Crippen molar-refractivity contribution in [3.05, 3.63) is 42.5 Å². The molecule has 1 atom stereocenters. The van der Waals surface area contributed by atoms with Crippen LogP contribution in [0.25, 0.3) is 0 Å². The Hall–Kier alpha value is -1.28. The molecular formula is C16H25NO. The van der Waals surface area contributed by atoms with Crippen LogP contribution in [0.1, 0.15) is 43.7 Å². The first-order valence-corrected chi connectivity index (χ1v) is 6.74. The van der Waals surface area contributed by atoms with Gasteiger partial charge in [0.15, 0.2) is 0 Å². The number of nitrogens with one attached hydrogen (secondary N) is 1. The predicted octanol–water partition coefficient (Wildman–Crippen LogP) is 4.09. The number of hydrogen-bond acceptors (Lipinski definition) is 2. The highest BCUT2D eigenvalue weighted by atomic mass is 16.5. The zero-order valence-electron chi connectivity index (χ0n) is 11.6. The summed E-state index contributed by atoms with van der Waals surface area (Å²) >= 11 is 0. The van der Waals surface area contributed by atoms with Crippen LogP contribution in [0, 0.1) is 0 Å². The molecule has 0 amide bonds. The van der Waals surface area contributed by atoms with Gasteiger partial charge in [-0.1, -0.05) is 31.1 Å². The third-order valence-electron chi connectivity index (χ3n) is 3.25. The number of rotatable bonds is 9. The van der Waals surface area contributed by atoms with E-state index in [0.29, 0.717) is 6.04 Å². The lowest BCUT2D eigenvalue weighted by molar-refractivity contribution is 0.412. The van der Waals surface area contributed by atoms with Crippen LogP contribution in [0.15, 0.2) is 36.9 Å². The van der Waals surface area contributed by atoms with Gasteiger partial charge in [0.2, 0.25) is 0 Å². The van der Waals surface area contributed by atoms with Gasteiger partial charge in [-0.25, -0.2) is 0 Å². The van der Waals surface area contributed by atoms with Crippen molar-refractivity contribution in [2.45, 2.75) is 38.1 Å². The second kappa shape index (κ2) is 8.76. The minimum absolute atomic E-state index is 0.420. The summed E-state index contributed by atoms with van der Waals surface area (Å²) in [6, 6.07) is 8.73. The van der Waals surface area contributed by atoms with Crippen LogP contribution in [0.3, 0.4) is 0 Å². The van der Waals surface area contributed by atoms with E-state index in [1.807, 2.05) is 19.2 Å². The molecule has 0 heterocycles. The molecule has 0 aliphatic carbocycles. The Morgan fingerprint density at radius 3 is 2.83 bits per heavy atom. The van der Waals surface area contributed by atoms with E-state index in [-0.39, 0.29) is 0 Å². The van der Waals surface area contributed by atoms with E-state index < -0.39 is 0 Å². The van der Waals surface area contributed by atoms with E-state index in [4.69, 9.17) is 4.74 Å². The highest BCUT2D eigenvalue weighted by Gasteiger charge is 2.09. The summed E-state index contributed by atoms with van der Waals surface area (Å²) in [5.74, 6) is 0.930. The Morgan fingerprint density at radius 1 is 1.33 bits per heavy atom. The third kappa shape index (κ3) is 4.92. The van der Waals surface area contributed by atoms with Gasteiger partial charge in [0.05, 0.1) is 7.11 Å². The molecule has 1 aromatic rings. The van der Waals surface area contributed by atoms with Gasteiger partial charge in [-0.05, 0) is 44.0 Å². The maximum Gasteiger partial charge on any atom is 0.119 e.